The first-order valence-corrected chi connectivity index (χ1v) is 21.9. The molecule has 7 aliphatic carbocycles. The molecule has 0 saturated heterocycles. The summed E-state index contributed by atoms with van der Waals surface area (Å²) in [7, 11) is 0. The van der Waals surface area contributed by atoms with Gasteiger partial charge in [0.15, 0.2) is 0 Å². The number of fused-ring (bicyclic) bond motifs is 13. The fourth-order valence-electron chi connectivity index (χ4n) is 15.1. The van der Waals surface area contributed by atoms with Crippen LogP contribution in [0.4, 0.5) is 17.1 Å². The van der Waals surface area contributed by atoms with Crippen molar-refractivity contribution in [3.63, 3.8) is 0 Å². The molecule has 0 heterocycles. The largest absolute Gasteiger partial charge is 0.310 e. The minimum atomic E-state index is -0.0855. The smallest absolute Gasteiger partial charge is 0.0468 e. The van der Waals surface area contributed by atoms with E-state index in [1.165, 1.54) is 103 Å². The van der Waals surface area contributed by atoms with E-state index >= 15 is 0 Å². The minimum absolute atomic E-state index is 0.0855. The van der Waals surface area contributed by atoms with E-state index in [-0.39, 0.29) is 16.2 Å². The van der Waals surface area contributed by atoms with Crippen molar-refractivity contribution in [1.29, 1.82) is 0 Å². The summed E-state index contributed by atoms with van der Waals surface area (Å²) in [6, 6.07) is 58.9. The van der Waals surface area contributed by atoms with E-state index in [1.54, 1.807) is 11.1 Å². The summed E-state index contributed by atoms with van der Waals surface area (Å²) in [5.41, 5.74) is 24.3. The van der Waals surface area contributed by atoms with Crippen LogP contribution in [0.25, 0.3) is 44.5 Å². The number of hydrogen-bond acceptors (Lipinski definition) is 1. The van der Waals surface area contributed by atoms with Crippen LogP contribution < -0.4 is 4.90 Å². The lowest BCUT2D eigenvalue weighted by Gasteiger charge is -2.92. The van der Waals surface area contributed by atoms with Gasteiger partial charge in [0.05, 0.1) is 0 Å². The van der Waals surface area contributed by atoms with Crippen molar-refractivity contribution >= 4 is 17.1 Å². The molecule has 0 bridgehead atoms. The first-order chi connectivity index (χ1) is 28.2. The third-order valence-corrected chi connectivity index (χ3v) is 17.6. The molecule has 4 saturated carbocycles. The van der Waals surface area contributed by atoms with Gasteiger partial charge in [0.25, 0.3) is 0 Å². The fraction of sp³-hybridized carbons (Fsp3) is 0.263. The normalized spacial score (nSPS) is 27.9. The Morgan fingerprint density at radius 1 is 0.379 bits per heavy atom. The molecule has 7 aliphatic rings. The lowest BCUT2D eigenvalue weighted by Crippen LogP contribution is -2.88. The van der Waals surface area contributed by atoms with Gasteiger partial charge < -0.3 is 4.90 Å². The highest BCUT2D eigenvalue weighted by atomic mass is 15.1. The maximum absolute atomic E-state index is 2.62. The predicted molar refractivity (Wildman–Crippen MR) is 238 cm³/mol. The topological polar surface area (TPSA) is 3.24 Å². The lowest BCUT2D eigenvalue weighted by atomic mass is 9.11. The van der Waals surface area contributed by atoms with E-state index in [0.717, 1.165) is 23.7 Å². The summed E-state index contributed by atoms with van der Waals surface area (Å²) in [5.74, 6) is 3.54. The van der Waals surface area contributed by atoms with E-state index < -0.39 is 0 Å². The molecule has 4 fully saturated rings. The molecule has 1 heteroatoms. The van der Waals surface area contributed by atoms with Crippen molar-refractivity contribution in [3.05, 3.63) is 185 Å². The summed E-state index contributed by atoms with van der Waals surface area (Å²) < 4.78 is 0. The van der Waals surface area contributed by atoms with Crippen LogP contribution in [0.2, 0.25) is 0 Å². The molecule has 1 nitrogen and oxygen atoms in total. The second kappa shape index (κ2) is 10.3. The Kier molecular flexibility index (Phi) is 5.74. The highest BCUT2D eigenvalue weighted by Gasteiger charge is 2.90. The Balaban J connectivity index is 0.975. The number of anilines is 3. The summed E-state index contributed by atoms with van der Waals surface area (Å²) in [5, 5.41) is 0. The van der Waals surface area contributed by atoms with E-state index in [4.69, 9.17) is 0 Å². The van der Waals surface area contributed by atoms with Crippen molar-refractivity contribution in [2.45, 2.75) is 63.2 Å². The minimum Gasteiger partial charge on any atom is -0.310 e. The van der Waals surface area contributed by atoms with E-state index in [0.29, 0.717) is 5.41 Å². The molecule has 280 valence electrons. The maximum atomic E-state index is 2.62. The van der Waals surface area contributed by atoms with Gasteiger partial charge >= 0.3 is 0 Å². The molecule has 0 N–H and O–H groups in total. The van der Waals surface area contributed by atoms with Crippen molar-refractivity contribution in [2.24, 2.45) is 29.1 Å². The molecule has 7 aromatic carbocycles. The molecule has 14 rings (SSSR count). The molecular formula is C57H47N. The van der Waals surface area contributed by atoms with Gasteiger partial charge in [-0.2, -0.15) is 0 Å². The van der Waals surface area contributed by atoms with Gasteiger partial charge in [0.2, 0.25) is 0 Å². The van der Waals surface area contributed by atoms with E-state index in [1.807, 2.05) is 0 Å². The summed E-state index contributed by atoms with van der Waals surface area (Å²) in [6.07, 6.45) is 4.32. The van der Waals surface area contributed by atoms with Crippen LogP contribution >= 0.6 is 0 Å². The van der Waals surface area contributed by atoms with Gasteiger partial charge in [-0.1, -0.05) is 137 Å². The lowest BCUT2D eigenvalue weighted by molar-refractivity contribution is -0.412. The van der Waals surface area contributed by atoms with Crippen LogP contribution in [-0.4, -0.2) is 0 Å². The first kappa shape index (κ1) is 32.3. The fourth-order valence-corrected chi connectivity index (χ4v) is 15.1. The predicted octanol–water partition coefficient (Wildman–Crippen LogP) is 14.4. The Labute approximate surface area is 342 Å². The highest BCUT2D eigenvalue weighted by molar-refractivity contribution is 5.92. The summed E-state index contributed by atoms with van der Waals surface area (Å²) in [4.78, 5) is 2.58. The summed E-state index contributed by atoms with van der Waals surface area (Å²) >= 11 is 0. The van der Waals surface area contributed by atoms with Gasteiger partial charge in [-0.3, -0.25) is 0 Å². The second-order valence-corrected chi connectivity index (χ2v) is 20.1. The van der Waals surface area contributed by atoms with Crippen LogP contribution in [0.5, 0.6) is 0 Å². The Bertz CT molecular complexity index is 2850. The van der Waals surface area contributed by atoms with Gasteiger partial charge in [-0.15, -0.1) is 0 Å². The van der Waals surface area contributed by atoms with Crippen molar-refractivity contribution in [3.8, 4) is 44.5 Å². The van der Waals surface area contributed by atoms with Crippen LogP contribution in [0, 0.1) is 29.1 Å². The van der Waals surface area contributed by atoms with Crippen LogP contribution in [-0.2, 0) is 16.2 Å². The standard InChI is InChI=1S/C57H47N/c1-54(2)46-16-10-8-14-40(46)42-23-19-38(31-49(42)54)58(39-20-24-43-41-15-9-11-17-47(41)55(3,4)50(43)32-39)37-21-25-48-45(30-37)44-22-18-34(33-12-6-5-7-13-33)26-51(44)57(48)52-28-35-27-36-29-53(57)56(35,36)52/h5-26,30-32,35-36,52-53H,27-29H2,1-4H3. The van der Waals surface area contributed by atoms with Crippen LogP contribution in [0.3, 0.4) is 0 Å². The summed E-state index contributed by atoms with van der Waals surface area (Å²) in [6.45, 7) is 9.61. The van der Waals surface area contributed by atoms with Crippen LogP contribution in [0.1, 0.15) is 80.3 Å². The number of rotatable bonds is 4. The van der Waals surface area contributed by atoms with E-state index in [2.05, 4.69) is 184 Å². The molecule has 7 aromatic rings. The zero-order valence-electron chi connectivity index (χ0n) is 33.8. The van der Waals surface area contributed by atoms with Crippen molar-refractivity contribution in [1.82, 2.24) is 0 Å². The van der Waals surface area contributed by atoms with Crippen molar-refractivity contribution in [2.75, 3.05) is 4.90 Å². The zero-order valence-corrected chi connectivity index (χ0v) is 33.8. The quantitative estimate of drug-likeness (QED) is 0.173. The average molecular weight is 746 g/mol. The monoisotopic (exact) mass is 745 g/mol. The van der Waals surface area contributed by atoms with E-state index in [9.17, 15) is 0 Å². The number of hydrogen-bond donors (Lipinski definition) is 0. The molecule has 0 amide bonds. The number of nitrogens with zero attached hydrogens (tertiary/aromatic N) is 1. The third-order valence-electron chi connectivity index (χ3n) is 17.6. The zero-order chi connectivity index (χ0) is 38.5. The molecule has 4 unspecified atom stereocenters. The van der Waals surface area contributed by atoms with Crippen molar-refractivity contribution < 1.29 is 0 Å². The number of benzene rings is 7. The molecule has 0 aliphatic heterocycles. The van der Waals surface area contributed by atoms with Gasteiger partial charge in [-0.25, -0.2) is 0 Å². The molecule has 0 radical (unpaired) electrons. The molecule has 58 heavy (non-hydrogen) atoms. The average Bonchev–Trinajstić information content (AvgIpc) is 3.74. The molecule has 0 aromatic heterocycles. The van der Waals surface area contributed by atoms with Crippen LogP contribution in [0.15, 0.2) is 152 Å². The maximum Gasteiger partial charge on any atom is 0.0468 e. The first-order valence-electron chi connectivity index (χ1n) is 21.9. The third kappa shape index (κ3) is 3.45. The Hall–Kier alpha value is -5.66. The molecular weight excluding hydrogens is 699 g/mol. The van der Waals surface area contributed by atoms with Gasteiger partial charge in [0.1, 0.15) is 0 Å². The Morgan fingerprint density at radius 2 is 0.879 bits per heavy atom. The van der Waals surface area contributed by atoms with Gasteiger partial charge in [0, 0.05) is 33.3 Å². The highest BCUT2D eigenvalue weighted by Crippen LogP contribution is 2.95. The molecule has 4 atom stereocenters. The Morgan fingerprint density at radius 3 is 1.48 bits per heavy atom. The van der Waals surface area contributed by atoms with Gasteiger partial charge in [-0.05, 0) is 169 Å². The second-order valence-electron chi connectivity index (χ2n) is 20.1. The SMILES string of the molecule is CC1(C)c2ccccc2-c2ccc(N(c3ccc4c(c3)-c3ccc(-c5ccccc5)cc3C43C4CC5CC6CC3C564)c3ccc4c(c3)C(C)(C)c3ccccc3-4)cc21. The molecule has 2 spiro atoms.